The standard InChI is InChI=1S/C8H6O7S.K/c9-7(10)4-1-2-6(16(13,14)15)5(3-4)8(11)12;/h1-3H,(H,9,10)(H,11,12)(H,13,14,15);/q;+1/p-1. The molecule has 0 unspecified atom stereocenters. The number of aromatic carboxylic acids is 2. The number of carboxylic acid groups (broad SMARTS) is 2. The molecule has 1 aromatic carbocycles. The molecule has 9 heteroatoms. The molecule has 0 bridgehead atoms. The van der Waals surface area contributed by atoms with Crippen molar-refractivity contribution in [3.63, 3.8) is 0 Å². The first-order chi connectivity index (χ1) is 7.23. The molecule has 0 aliphatic carbocycles. The molecule has 0 saturated heterocycles. The van der Waals surface area contributed by atoms with Gasteiger partial charge < -0.3 is 14.8 Å². The number of hydrogen-bond acceptors (Lipinski definition) is 5. The molecule has 0 spiro atoms. The fourth-order valence-corrected chi connectivity index (χ4v) is 1.70. The van der Waals surface area contributed by atoms with Gasteiger partial charge in [0, 0.05) is 0 Å². The summed E-state index contributed by atoms with van der Waals surface area (Å²) in [5.74, 6) is -3.10. The number of hydrogen-bond donors (Lipinski definition) is 2. The van der Waals surface area contributed by atoms with Gasteiger partial charge in [0.2, 0.25) is 0 Å². The molecule has 1 rings (SSSR count). The summed E-state index contributed by atoms with van der Waals surface area (Å²) in [6.45, 7) is 0. The zero-order chi connectivity index (χ0) is 12.5. The summed E-state index contributed by atoms with van der Waals surface area (Å²) in [6.07, 6.45) is 0. The van der Waals surface area contributed by atoms with Crippen LogP contribution in [0.5, 0.6) is 0 Å². The van der Waals surface area contributed by atoms with Crippen LogP contribution in [0.25, 0.3) is 0 Å². The van der Waals surface area contributed by atoms with E-state index in [0.717, 1.165) is 6.07 Å². The Hall–Kier alpha value is -0.294. The maximum absolute atomic E-state index is 10.7. The zero-order valence-corrected chi connectivity index (χ0v) is 12.5. The van der Waals surface area contributed by atoms with E-state index in [4.69, 9.17) is 10.2 Å². The van der Waals surface area contributed by atoms with E-state index in [2.05, 4.69) is 0 Å². The van der Waals surface area contributed by atoms with Gasteiger partial charge in [0.25, 0.3) is 0 Å². The largest absolute Gasteiger partial charge is 1.00 e. The van der Waals surface area contributed by atoms with Crippen LogP contribution in [0, 0.1) is 0 Å². The third-order valence-electron chi connectivity index (χ3n) is 1.73. The molecule has 0 amide bonds. The van der Waals surface area contributed by atoms with Crippen molar-refractivity contribution in [2.75, 3.05) is 0 Å². The summed E-state index contributed by atoms with van der Waals surface area (Å²) in [6, 6.07) is 2.13. The van der Waals surface area contributed by atoms with Crippen LogP contribution in [0.4, 0.5) is 0 Å². The molecule has 2 N–H and O–H groups in total. The Morgan fingerprint density at radius 3 is 2.00 bits per heavy atom. The molecule has 0 aliphatic rings. The minimum atomic E-state index is -4.94. The smallest absolute Gasteiger partial charge is 0.744 e. The third kappa shape index (κ3) is 4.14. The maximum Gasteiger partial charge on any atom is 1.00 e. The van der Waals surface area contributed by atoms with Crippen LogP contribution in [-0.2, 0) is 10.1 Å². The van der Waals surface area contributed by atoms with Crippen molar-refractivity contribution in [1.29, 1.82) is 0 Å². The van der Waals surface area contributed by atoms with Crippen LogP contribution in [0.15, 0.2) is 23.1 Å². The fourth-order valence-electron chi connectivity index (χ4n) is 1.05. The molecule has 0 fully saturated rings. The summed E-state index contributed by atoms with van der Waals surface area (Å²) in [5.41, 5.74) is -1.26. The van der Waals surface area contributed by atoms with E-state index in [1.165, 1.54) is 0 Å². The van der Waals surface area contributed by atoms with Gasteiger partial charge in [-0.3, -0.25) is 0 Å². The summed E-state index contributed by atoms with van der Waals surface area (Å²) < 4.78 is 32.0. The normalized spacial score (nSPS) is 10.4. The van der Waals surface area contributed by atoms with Crippen LogP contribution in [-0.4, -0.2) is 35.1 Å². The van der Waals surface area contributed by atoms with Crippen LogP contribution in [0.1, 0.15) is 20.7 Å². The summed E-state index contributed by atoms with van der Waals surface area (Å²) >= 11 is 0. The Morgan fingerprint density at radius 2 is 1.65 bits per heavy atom. The van der Waals surface area contributed by atoms with Crippen LogP contribution < -0.4 is 51.4 Å². The molecular formula is C8H5KO7S. The molecular weight excluding hydrogens is 279 g/mol. The molecule has 1 aromatic rings. The first kappa shape index (κ1) is 16.7. The summed E-state index contributed by atoms with van der Waals surface area (Å²) in [5, 5.41) is 17.2. The molecule has 86 valence electrons. The fraction of sp³-hybridized carbons (Fsp3) is 0. The summed E-state index contributed by atoms with van der Waals surface area (Å²) in [7, 11) is -4.94. The third-order valence-corrected chi connectivity index (χ3v) is 2.62. The topological polar surface area (TPSA) is 132 Å². The number of carbonyl (C=O) groups is 2. The van der Waals surface area contributed by atoms with E-state index < -0.39 is 38.1 Å². The Bertz CT molecular complexity index is 563. The second-order valence-corrected chi connectivity index (χ2v) is 4.12. The van der Waals surface area contributed by atoms with Gasteiger partial charge in [-0.2, -0.15) is 0 Å². The SMILES string of the molecule is O=C(O)c1ccc(S(=O)(=O)[O-])c(C(=O)O)c1.[K+]. The van der Waals surface area contributed by atoms with Crippen molar-refractivity contribution >= 4 is 22.1 Å². The van der Waals surface area contributed by atoms with E-state index in [9.17, 15) is 22.6 Å². The van der Waals surface area contributed by atoms with Gasteiger partial charge >= 0.3 is 63.3 Å². The maximum atomic E-state index is 10.7. The number of carboxylic acids is 2. The van der Waals surface area contributed by atoms with Crippen molar-refractivity contribution in [2.24, 2.45) is 0 Å². The number of rotatable bonds is 3. The minimum Gasteiger partial charge on any atom is -0.744 e. The molecule has 17 heavy (non-hydrogen) atoms. The second kappa shape index (κ2) is 6.04. The van der Waals surface area contributed by atoms with Crippen molar-refractivity contribution in [1.82, 2.24) is 0 Å². The Balaban J connectivity index is 0.00000256. The van der Waals surface area contributed by atoms with E-state index in [0.29, 0.717) is 12.1 Å². The first-order valence-corrected chi connectivity index (χ1v) is 5.21. The first-order valence-electron chi connectivity index (χ1n) is 3.80. The van der Waals surface area contributed by atoms with E-state index in [-0.39, 0.29) is 51.4 Å². The Labute approximate surface area is 139 Å². The minimum absolute atomic E-state index is 0. The van der Waals surface area contributed by atoms with Gasteiger partial charge in [-0.25, -0.2) is 18.0 Å². The van der Waals surface area contributed by atoms with Crippen molar-refractivity contribution in [2.45, 2.75) is 4.90 Å². The van der Waals surface area contributed by atoms with Crippen LogP contribution >= 0.6 is 0 Å². The molecule has 0 saturated carbocycles. The van der Waals surface area contributed by atoms with E-state index in [1.807, 2.05) is 0 Å². The molecule has 7 nitrogen and oxygen atoms in total. The zero-order valence-electron chi connectivity index (χ0n) is 8.58. The predicted molar refractivity (Wildman–Crippen MR) is 48.3 cm³/mol. The van der Waals surface area contributed by atoms with E-state index >= 15 is 0 Å². The van der Waals surface area contributed by atoms with Gasteiger partial charge in [0.05, 0.1) is 16.0 Å². The van der Waals surface area contributed by atoms with Gasteiger partial charge in [-0.15, -0.1) is 0 Å². The van der Waals surface area contributed by atoms with Crippen molar-refractivity contribution < 1.29 is 84.2 Å². The van der Waals surface area contributed by atoms with Crippen LogP contribution in [0.2, 0.25) is 0 Å². The molecule has 0 aromatic heterocycles. The van der Waals surface area contributed by atoms with E-state index in [1.54, 1.807) is 0 Å². The second-order valence-electron chi connectivity index (χ2n) is 2.78. The van der Waals surface area contributed by atoms with Crippen molar-refractivity contribution in [3.05, 3.63) is 29.3 Å². The Morgan fingerprint density at radius 1 is 1.12 bits per heavy atom. The average Bonchev–Trinajstić information content (AvgIpc) is 2.15. The molecule has 0 aliphatic heterocycles. The van der Waals surface area contributed by atoms with Gasteiger partial charge in [0.1, 0.15) is 10.1 Å². The predicted octanol–water partition coefficient (Wildman–Crippen LogP) is -3.01. The monoisotopic (exact) mass is 284 g/mol. The van der Waals surface area contributed by atoms with Crippen molar-refractivity contribution in [3.8, 4) is 0 Å². The van der Waals surface area contributed by atoms with Gasteiger partial charge in [-0.1, -0.05) is 0 Å². The molecule has 0 heterocycles. The average molecular weight is 284 g/mol. The van der Waals surface area contributed by atoms with Crippen LogP contribution in [0.3, 0.4) is 0 Å². The molecule has 0 atom stereocenters. The quantitative estimate of drug-likeness (QED) is 0.446. The van der Waals surface area contributed by atoms with Gasteiger partial charge in [0.15, 0.2) is 0 Å². The Kier molecular flexibility index (Phi) is 5.94. The van der Waals surface area contributed by atoms with Gasteiger partial charge in [-0.05, 0) is 18.2 Å². The molecule has 0 radical (unpaired) electrons. The summed E-state index contributed by atoms with van der Waals surface area (Å²) in [4.78, 5) is 20.2. The number of benzene rings is 1.